The number of para-hydroxylation sites is 1. The topological polar surface area (TPSA) is 35.2 Å². The van der Waals surface area contributed by atoms with Crippen LogP contribution in [0.2, 0.25) is 4.34 Å². The van der Waals surface area contributed by atoms with Crippen LogP contribution in [0.1, 0.15) is 22.4 Å². The number of hydrogen-bond acceptors (Lipinski definition) is 3. The van der Waals surface area contributed by atoms with Gasteiger partial charge in [-0.15, -0.1) is 11.3 Å². The van der Waals surface area contributed by atoms with Gasteiger partial charge in [-0.25, -0.2) is 0 Å². The first-order chi connectivity index (χ1) is 8.66. The highest BCUT2D eigenvalue weighted by atomic mass is 79.9. The molecule has 1 aliphatic heterocycles. The van der Waals surface area contributed by atoms with Gasteiger partial charge in [-0.1, -0.05) is 29.8 Å². The fourth-order valence-corrected chi connectivity index (χ4v) is 4.01. The van der Waals surface area contributed by atoms with E-state index in [4.69, 9.17) is 22.1 Å². The molecule has 1 aromatic heterocycles. The highest BCUT2D eigenvalue weighted by Crippen LogP contribution is 2.43. The van der Waals surface area contributed by atoms with Crippen molar-refractivity contribution in [3.8, 4) is 5.75 Å². The summed E-state index contributed by atoms with van der Waals surface area (Å²) in [7, 11) is 0. The van der Waals surface area contributed by atoms with Crippen LogP contribution >= 0.6 is 38.9 Å². The van der Waals surface area contributed by atoms with E-state index in [0.717, 1.165) is 19.4 Å². The molecule has 0 saturated heterocycles. The summed E-state index contributed by atoms with van der Waals surface area (Å²) in [4.78, 5) is 1.08. The van der Waals surface area contributed by atoms with E-state index >= 15 is 0 Å². The molecule has 2 aromatic rings. The van der Waals surface area contributed by atoms with Crippen molar-refractivity contribution >= 4 is 38.9 Å². The van der Waals surface area contributed by atoms with E-state index < -0.39 is 0 Å². The van der Waals surface area contributed by atoms with Crippen molar-refractivity contribution in [2.45, 2.75) is 12.0 Å². The van der Waals surface area contributed by atoms with Gasteiger partial charge in [0.1, 0.15) is 10.1 Å². The second-order valence-electron chi connectivity index (χ2n) is 4.25. The van der Waals surface area contributed by atoms with E-state index in [0.29, 0.717) is 6.61 Å². The Balaban J connectivity index is 1.92. The Kier molecular flexibility index (Phi) is 3.36. The molecule has 0 saturated carbocycles. The summed E-state index contributed by atoms with van der Waals surface area (Å²) in [6.07, 6.45) is 0. The lowest BCUT2D eigenvalue weighted by molar-refractivity contribution is 0.316. The Hall–Kier alpha value is -0.550. The van der Waals surface area contributed by atoms with Gasteiger partial charge in [0, 0.05) is 26.9 Å². The van der Waals surface area contributed by atoms with Crippen molar-refractivity contribution in [3.63, 3.8) is 0 Å². The van der Waals surface area contributed by atoms with Crippen molar-refractivity contribution in [2.24, 2.45) is 5.73 Å². The van der Waals surface area contributed by atoms with Crippen LogP contribution in [0.15, 0.2) is 34.8 Å². The lowest BCUT2D eigenvalue weighted by Gasteiger charge is -2.16. The van der Waals surface area contributed by atoms with Crippen molar-refractivity contribution in [2.75, 3.05) is 6.61 Å². The third-order valence-electron chi connectivity index (χ3n) is 3.16. The maximum Gasteiger partial charge on any atom is 0.122 e. The Bertz CT molecular complexity index is 567. The molecular weight excluding hydrogens is 334 g/mol. The number of ether oxygens (including phenoxy) is 1. The molecule has 94 valence electrons. The standard InChI is InChI=1S/C13H11BrClNOS/c14-9-5-11(18-13(9)15)12(16)8-6-17-10-4-2-1-3-7(8)10/h1-5,8,12H,6,16H2. The monoisotopic (exact) mass is 343 g/mol. The highest BCUT2D eigenvalue weighted by molar-refractivity contribution is 9.10. The second-order valence-corrected chi connectivity index (χ2v) is 6.79. The zero-order valence-corrected chi connectivity index (χ0v) is 12.6. The van der Waals surface area contributed by atoms with Crippen LogP contribution in [0.25, 0.3) is 0 Å². The van der Waals surface area contributed by atoms with Crippen LogP contribution in [0, 0.1) is 0 Å². The lowest BCUT2D eigenvalue weighted by atomic mass is 9.93. The van der Waals surface area contributed by atoms with E-state index in [-0.39, 0.29) is 12.0 Å². The Morgan fingerprint density at radius 2 is 2.22 bits per heavy atom. The molecular formula is C13H11BrClNOS. The van der Waals surface area contributed by atoms with Gasteiger partial charge in [-0.2, -0.15) is 0 Å². The lowest BCUT2D eigenvalue weighted by Crippen LogP contribution is -2.19. The molecule has 0 fully saturated rings. The van der Waals surface area contributed by atoms with Crippen LogP contribution in [-0.2, 0) is 0 Å². The average molecular weight is 345 g/mol. The number of benzene rings is 1. The average Bonchev–Trinajstić information content (AvgIpc) is 2.93. The van der Waals surface area contributed by atoms with Crippen molar-refractivity contribution in [3.05, 3.63) is 49.6 Å². The molecule has 0 aliphatic carbocycles. The molecule has 2 heterocycles. The van der Waals surface area contributed by atoms with Gasteiger partial charge in [-0.05, 0) is 28.1 Å². The summed E-state index contributed by atoms with van der Waals surface area (Å²) in [5.41, 5.74) is 7.53. The molecule has 0 amide bonds. The first-order valence-corrected chi connectivity index (χ1v) is 7.57. The van der Waals surface area contributed by atoms with Gasteiger partial charge in [0.05, 0.1) is 6.61 Å². The fourth-order valence-electron chi connectivity index (χ4n) is 2.21. The number of nitrogens with two attached hydrogens (primary N) is 1. The molecule has 0 spiro atoms. The molecule has 2 nitrogen and oxygen atoms in total. The molecule has 2 unspecified atom stereocenters. The van der Waals surface area contributed by atoms with E-state index in [1.54, 1.807) is 0 Å². The summed E-state index contributed by atoms with van der Waals surface area (Å²) in [6.45, 7) is 0.633. The number of halogens is 2. The normalized spacial score (nSPS) is 19.4. The van der Waals surface area contributed by atoms with Crippen molar-refractivity contribution < 1.29 is 4.74 Å². The van der Waals surface area contributed by atoms with Crippen molar-refractivity contribution in [1.82, 2.24) is 0 Å². The quantitative estimate of drug-likeness (QED) is 0.879. The van der Waals surface area contributed by atoms with Crippen LogP contribution in [0.4, 0.5) is 0 Å². The Morgan fingerprint density at radius 3 is 2.94 bits per heavy atom. The third-order valence-corrected chi connectivity index (χ3v) is 5.74. The first-order valence-electron chi connectivity index (χ1n) is 5.59. The first kappa shape index (κ1) is 12.5. The molecule has 1 aromatic carbocycles. The minimum atomic E-state index is -0.0811. The Labute approximate surface area is 123 Å². The zero-order valence-electron chi connectivity index (χ0n) is 9.40. The third kappa shape index (κ3) is 2.07. The van der Waals surface area contributed by atoms with Crippen LogP contribution in [-0.4, -0.2) is 6.61 Å². The van der Waals surface area contributed by atoms with E-state index in [2.05, 4.69) is 22.0 Å². The second kappa shape index (κ2) is 4.85. The van der Waals surface area contributed by atoms with Gasteiger partial charge in [0.15, 0.2) is 0 Å². The predicted octanol–water partition coefficient (Wildman–Crippen LogP) is 4.34. The summed E-state index contributed by atoms with van der Waals surface area (Å²) in [6, 6.07) is 9.98. The summed E-state index contributed by atoms with van der Waals surface area (Å²) >= 11 is 11.0. The zero-order chi connectivity index (χ0) is 12.7. The van der Waals surface area contributed by atoms with Crippen LogP contribution in [0.3, 0.4) is 0 Å². The molecule has 1 aliphatic rings. The Morgan fingerprint density at radius 1 is 1.44 bits per heavy atom. The molecule has 0 radical (unpaired) electrons. The summed E-state index contributed by atoms with van der Waals surface area (Å²) in [5, 5.41) is 0. The van der Waals surface area contributed by atoms with Crippen LogP contribution in [0.5, 0.6) is 5.75 Å². The maximum atomic E-state index is 6.35. The highest BCUT2D eigenvalue weighted by Gasteiger charge is 2.31. The maximum absolute atomic E-state index is 6.35. The number of thiophene rings is 1. The minimum Gasteiger partial charge on any atom is -0.493 e. The number of hydrogen-bond donors (Lipinski definition) is 1. The SMILES string of the molecule is NC(c1cc(Br)c(Cl)s1)C1COc2ccccc21. The van der Waals surface area contributed by atoms with E-state index in [1.165, 1.54) is 16.9 Å². The minimum absolute atomic E-state index is 0.0811. The van der Waals surface area contributed by atoms with Gasteiger partial charge in [0.25, 0.3) is 0 Å². The molecule has 5 heteroatoms. The molecule has 2 atom stereocenters. The predicted molar refractivity (Wildman–Crippen MR) is 78.6 cm³/mol. The number of rotatable bonds is 2. The van der Waals surface area contributed by atoms with E-state index in [1.807, 2.05) is 24.3 Å². The van der Waals surface area contributed by atoms with Crippen molar-refractivity contribution in [1.29, 1.82) is 0 Å². The smallest absolute Gasteiger partial charge is 0.122 e. The summed E-state index contributed by atoms with van der Waals surface area (Å²) < 4.78 is 7.32. The van der Waals surface area contributed by atoms with Gasteiger partial charge >= 0.3 is 0 Å². The molecule has 2 N–H and O–H groups in total. The number of fused-ring (bicyclic) bond motifs is 1. The molecule has 3 rings (SSSR count). The fraction of sp³-hybridized carbons (Fsp3) is 0.231. The summed E-state index contributed by atoms with van der Waals surface area (Å²) in [5.74, 6) is 1.14. The van der Waals surface area contributed by atoms with Gasteiger partial charge in [-0.3, -0.25) is 0 Å². The van der Waals surface area contributed by atoms with Gasteiger partial charge < -0.3 is 10.5 Å². The largest absolute Gasteiger partial charge is 0.493 e. The van der Waals surface area contributed by atoms with E-state index in [9.17, 15) is 0 Å². The molecule has 18 heavy (non-hydrogen) atoms. The van der Waals surface area contributed by atoms with Crippen LogP contribution < -0.4 is 10.5 Å². The van der Waals surface area contributed by atoms with Gasteiger partial charge in [0.2, 0.25) is 0 Å². The molecule has 0 bridgehead atoms.